The number of anilines is 1. The molecule has 8 heteroatoms. The van der Waals surface area contributed by atoms with Crippen molar-refractivity contribution in [1.29, 1.82) is 0 Å². The maximum Gasteiger partial charge on any atom is 0.258 e. The highest BCUT2D eigenvalue weighted by Crippen LogP contribution is 2.26. The van der Waals surface area contributed by atoms with E-state index in [2.05, 4.69) is 25.1 Å². The van der Waals surface area contributed by atoms with E-state index in [1.54, 1.807) is 13.2 Å². The third-order valence-corrected chi connectivity index (χ3v) is 4.53. The van der Waals surface area contributed by atoms with Crippen molar-refractivity contribution in [3.8, 4) is 0 Å². The van der Waals surface area contributed by atoms with Gasteiger partial charge < -0.3 is 14.0 Å². The number of carbonyl (C=O) groups is 1. The van der Waals surface area contributed by atoms with E-state index in [-0.39, 0.29) is 18.0 Å². The number of hydrogen-bond donors (Lipinski definition) is 2. The molecule has 136 valence electrons. The molecule has 1 amide bonds. The van der Waals surface area contributed by atoms with Crippen LogP contribution in [-0.4, -0.2) is 46.0 Å². The number of fused-ring (bicyclic) bond motifs is 1. The van der Waals surface area contributed by atoms with E-state index in [0.29, 0.717) is 18.0 Å². The highest BCUT2D eigenvalue weighted by atomic mass is 16.5. The number of amides is 1. The molecule has 0 spiro atoms. The Hall–Kier alpha value is -2.71. The van der Waals surface area contributed by atoms with Crippen LogP contribution in [-0.2, 0) is 16.0 Å². The fraction of sp³-hybridized carbons (Fsp3) is 0.389. The number of aromatic amines is 1. The van der Waals surface area contributed by atoms with Crippen LogP contribution in [0.3, 0.4) is 0 Å². The van der Waals surface area contributed by atoms with E-state index in [9.17, 15) is 4.79 Å². The predicted octanol–water partition coefficient (Wildman–Crippen LogP) is 2.51. The maximum atomic E-state index is 12.5. The van der Waals surface area contributed by atoms with Gasteiger partial charge >= 0.3 is 0 Å². The monoisotopic (exact) mass is 355 g/mol. The van der Waals surface area contributed by atoms with E-state index >= 15 is 0 Å². The minimum absolute atomic E-state index is 0.0589. The Morgan fingerprint density at radius 3 is 3.19 bits per heavy atom. The number of benzene rings is 1. The summed E-state index contributed by atoms with van der Waals surface area (Å²) in [4.78, 5) is 16.8. The predicted molar refractivity (Wildman–Crippen MR) is 96.1 cm³/mol. The van der Waals surface area contributed by atoms with Crippen LogP contribution >= 0.6 is 0 Å². The van der Waals surface area contributed by atoms with Crippen LogP contribution in [0.5, 0.6) is 0 Å². The summed E-state index contributed by atoms with van der Waals surface area (Å²) in [6, 6.07) is 7.59. The fourth-order valence-corrected chi connectivity index (χ4v) is 3.17. The van der Waals surface area contributed by atoms with Crippen LogP contribution in [0.15, 0.2) is 30.5 Å². The molecule has 2 N–H and O–H groups in total. The summed E-state index contributed by atoms with van der Waals surface area (Å²) < 4.78 is 12.8. The van der Waals surface area contributed by atoms with Crippen molar-refractivity contribution in [3.05, 3.63) is 41.9 Å². The Balaban J connectivity index is 1.47. The third-order valence-electron chi connectivity index (χ3n) is 4.53. The van der Waals surface area contributed by atoms with Crippen molar-refractivity contribution in [2.75, 3.05) is 25.6 Å². The normalized spacial score (nSPS) is 17.0. The molecule has 1 atom stereocenters. The van der Waals surface area contributed by atoms with Gasteiger partial charge in [0, 0.05) is 42.9 Å². The zero-order valence-electron chi connectivity index (χ0n) is 14.6. The number of hydrogen-bond acceptors (Lipinski definition) is 5. The summed E-state index contributed by atoms with van der Waals surface area (Å²) >= 11 is 0. The molecule has 0 aliphatic carbocycles. The van der Waals surface area contributed by atoms with Gasteiger partial charge in [-0.25, -0.2) is 0 Å². The first-order chi connectivity index (χ1) is 12.7. The Bertz CT molecular complexity index is 911. The van der Waals surface area contributed by atoms with Crippen molar-refractivity contribution in [2.24, 2.45) is 0 Å². The summed E-state index contributed by atoms with van der Waals surface area (Å²) in [7, 11) is 1.68. The molecule has 1 fully saturated rings. The van der Waals surface area contributed by atoms with E-state index in [1.165, 1.54) is 0 Å². The highest BCUT2D eigenvalue weighted by Gasteiger charge is 2.22. The largest absolute Gasteiger partial charge is 0.383 e. The number of carbonyl (C=O) groups excluding carboxylic acids is 1. The van der Waals surface area contributed by atoms with E-state index in [0.717, 1.165) is 36.9 Å². The second kappa shape index (κ2) is 7.27. The summed E-state index contributed by atoms with van der Waals surface area (Å²) in [6.07, 6.45) is 3.86. The molecule has 26 heavy (non-hydrogen) atoms. The molecule has 4 rings (SSSR count). The quantitative estimate of drug-likeness (QED) is 0.708. The number of nitrogens with zero attached hydrogens (tertiary/aromatic N) is 3. The molecule has 3 aromatic rings. The first kappa shape index (κ1) is 16.7. The van der Waals surface area contributed by atoms with Crippen molar-refractivity contribution in [1.82, 2.24) is 19.7 Å². The second-order valence-corrected chi connectivity index (χ2v) is 6.28. The molecular formula is C18H21N5O3. The van der Waals surface area contributed by atoms with Gasteiger partial charge in [0.15, 0.2) is 5.82 Å². The number of H-pyrrole nitrogens is 1. The second-order valence-electron chi connectivity index (χ2n) is 6.28. The van der Waals surface area contributed by atoms with Gasteiger partial charge in [-0.1, -0.05) is 0 Å². The maximum absolute atomic E-state index is 12.5. The topological polar surface area (TPSA) is 94.1 Å². The smallest absolute Gasteiger partial charge is 0.258 e. The number of nitrogens with one attached hydrogen (secondary N) is 2. The molecule has 1 aliphatic heterocycles. The minimum atomic E-state index is -0.241. The number of aromatic nitrogens is 4. The Kier molecular flexibility index (Phi) is 4.68. The average Bonchev–Trinajstić information content (AvgIpc) is 3.39. The van der Waals surface area contributed by atoms with Gasteiger partial charge in [0.1, 0.15) is 6.10 Å². The molecule has 2 aromatic heterocycles. The SMILES string of the molecule is COCCn1ccc2cc(C(=O)Nc3n[nH]c(C4CCCO4)n3)ccc21. The van der Waals surface area contributed by atoms with Crippen LogP contribution in [0.2, 0.25) is 0 Å². The third kappa shape index (κ3) is 3.33. The zero-order chi connectivity index (χ0) is 17.9. The Morgan fingerprint density at radius 1 is 1.46 bits per heavy atom. The molecule has 1 unspecified atom stereocenters. The Morgan fingerprint density at radius 2 is 2.38 bits per heavy atom. The number of rotatable bonds is 6. The van der Waals surface area contributed by atoms with E-state index in [4.69, 9.17) is 9.47 Å². The minimum Gasteiger partial charge on any atom is -0.383 e. The van der Waals surface area contributed by atoms with Gasteiger partial charge in [-0.2, -0.15) is 4.98 Å². The molecule has 3 heterocycles. The molecule has 1 aromatic carbocycles. The van der Waals surface area contributed by atoms with Gasteiger partial charge in [-0.15, -0.1) is 5.10 Å². The van der Waals surface area contributed by atoms with Crippen molar-refractivity contribution < 1.29 is 14.3 Å². The van der Waals surface area contributed by atoms with Gasteiger partial charge in [0.25, 0.3) is 5.91 Å². The van der Waals surface area contributed by atoms with Gasteiger partial charge in [-0.3, -0.25) is 15.2 Å². The van der Waals surface area contributed by atoms with Crippen LogP contribution in [0.4, 0.5) is 5.95 Å². The lowest BCUT2D eigenvalue weighted by Crippen LogP contribution is -2.13. The summed E-state index contributed by atoms with van der Waals surface area (Å²) in [5, 5.41) is 10.6. The van der Waals surface area contributed by atoms with Crippen LogP contribution in [0.25, 0.3) is 10.9 Å². The van der Waals surface area contributed by atoms with Gasteiger partial charge in [-0.05, 0) is 37.1 Å². The molecule has 1 saturated heterocycles. The number of ether oxygens (including phenoxy) is 2. The average molecular weight is 355 g/mol. The molecule has 1 aliphatic rings. The molecule has 0 saturated carbocycles. The first-order valence-corrected chi connectivity index (χ1v) is 8.67. The molecule has 8 nitrogen and oxygen atoms in total. The standard InChI is InChI=1S/C18H21N5O3/c1-25-10-8-23-7-6-12-11-13(4-5-14(12)23)17(24)20-18-19-16(21-22-18)15-3-2-9-26-15/h4-7,11,15H,2-3,8-10H2,1H3,(H2,19,20,21,22,24). The van der Waals surface area contributed by atoms with Gasteiger partial charge in [0.2, 0.25) is 5.95 Å². The zero-order valence-corrected chi connectivity index (χ0v) is 14.6. The van der Waals surface area contributed by atoms with Crippen LogP contribution in [0, 0.1) is 0 Å². The lowest BCUT2D eigenvalue weighted by atomic mass is 10.1. The van der Waals surface area contributed by atoms with Crippen molar-refractivity contribution in [3.63, 3.8) is 0 Å². The molecule has 0 bridgehead atoms. The van der Waals surface area contributed by atoms with Crippen LogP contribution < -0.4 is 5.32 Å². The van der Waals surface area contributed by atoms with Crippen LogP contribution in [0.1, 0.15) is 35.1 Å². The summed E-state index contributed by atoms with van der Waals surface area (Å²) in [5.41, 5.74) is 1.63. The first-order valence-electron chi connectivity index (χ1n) is 8.67. The lowest BCUT2D eigenvalue weighted by molar-refractivity contribution is 0.102. The van der Waals surface area contributed by atoms with Crippen molar-refractivity contribution >= 4 is 22.8 Å². The molecular weight excluding hydrogens is 334 g/mol. The lowest BCUT2D eigenvalue weighted by Gasteiger charge is -2.06. The fourth-order valence-electron chi connectivity index (χ4n) is 3.17. The van der Waals surface area contributed by atoms with Gasteiger partial charge in [0.05, 0.1) is 6.61 Å². The molecule has 0 radical (unpaired) electrons. The summed E-state index contributed by atoms with van der Waals surface area (Å²) in [5.74, 6) is 0.677. The summed E-state index contributed by atoms with van der Waals surface area (Å²) in [6.45, 7) is 2.15. The Labute approximate surface area is 150 Å². The van der Waals surface area contributed by atoms with E-state index < -0.39 is 0 Å². The van der Waals surface area contributed by atoms with E-state index in [1.807, 2.05) is 24.4 Å². The number of methoxy groups -OCH3 is 1. The van der Waals surface area contributed by atoms with Crippen molar-refractivity contribution in [2.45, 2.75) is 25.5 Å². The highest BCUT2D eigenvalue weighted by molar-refractivity contribution is 6.05.